The Morgan fingerprint density at radius 2 is 2.16 bits per heavy atom. The van der Waals surface area contributed by atoms with Gasteiger partial charge in [-0.25, -0.2) is 0 Å². The summed E-state index contributed by atoms with van der Waals surface area (Å²) >= 11 is 0. The average Bonchev–Trinajstić information content (AvgIpc) is 2.35. The van der Waals surface area contributed by atoms with Crippen molar-refractivity contribution in [3.63, 3.8) is 0 Å². The zero-order valence-electron chi connectivity index (χ0n) is 11.7. The molecule has 0 bridgehead atoms. The van der Waals surface area contributed by atoms with E-state index in [-0.39, 0.29) is 12.3 Å². The molecule has 1 saturated heterocycles. The van der Waals surface area contributed by atoms with E-state index in [1.165, 1.54) is 19.3 Å². The van der Waals surface area contributed by atoms with Crippen molar-refractivity contribution < 1.29 is 9.59 Å². The highest BCUT2D eigenvalue weighted by molar-refractivity contribution is 5.87. The number of nitrogens with one attached hydrogen (secondary N) is 1. The molecule has 1 rings (SSSR count). The second-order valence-corrected chi connectivity index (χ2v) is 5.30. The summed E-state index contributed by atoms with van der Waals surface area (Å²) in [5.41, 5.74) is 10.5. The molecule has 2 unspecified atom stereocenters. The molecule has 0 radical (unpaired) electrons. The molecular formula is C13H26N4O2. The maximum Gasteiger partial charge on any atom is 0.237 e. The highest BCUT2D eigenvalue weighted by Crippen LogP contribution is 2.15. The van der Waals surface area contributed by atoms with Gasteiger partial charge in [0.2, 0.25) is 11.8 Å². The van der Waals surface area contributed by atoms with E-state index < -0.39 is 11.9 Å². The molecule has 1 heterocycles. The van der Waals surface area contributed by atoms with Crippen molar-refractivity contribution in [3.05, 3.63) is 0 Å². The average molecular weight is 270 g/mol. The summed E-state index contributed by atoms with van der Waals surface area (Å²) in [6.45, 7) is 4.98. The fraction of sp³-hybridized carbons (Fsp3) is 0.846. The summed E-state index contributed by atoms with van der Waals surface area (Å²) < 4.78 is 0. The lowest BCUT2D eigenvalue weighted by atomic mass is 10.0. The molecule has 5 N–H and O–H groups in total. The van der Waals surface area contributed by atoms with E-state index in [4.69, 9.17) is 11.5 Å². The quantitative estimate of drug-likeness (QED) is 0.546. The van der Waals surface area contributed by atoms with Crippen molar-refractivity contribution in [1.29, 1.82) is 0 Å². The van der Waals surface area contributed by atoms with Gasteiger partial charge in [0.05, 0.1) is 12.5 Å². The summed E-state index contributed by atoms with van der Waals surface area (Å²) in [5.74, 6) is -0.852. The van der Waals surface area contributed by atoms with Crippen molar-refractivity contribution >= 4 is 11.8 Å². The number of primary amides is 1. The fourth-order valence-electron chi connectivity index (χ4n) is 2.42. The number of carbonyl (C=O) groups excluding carboxylic acids is 2. The monoisotopic (exact) mass is 270 g/mol. The van der Waals surface area contributed by atoms with Crippen LogP contribution in [-0.4, -0.2) is 48.4 Å². The standard InChI is InChI=1S/C13H26N4O2/c1-10-5-2-3-7-17(10)8-4-6-16-13(19)11(14)9-12(15)18/h10-11H,2-9,14H2,1H3,(H2,15,18)(H,16,19). The molecular weight excluding hydrogens is 244 g/mol. The zero-order chi connectivity index (χ0) is 14.3. The van der Waals surface area contributed by atoms with Gasteiger partial charge in [-0.3, -0.25) is 9.59 Å². The lowest BCUT2D eigenvalue weighted by molar-refractivity contribution is -0.126. The molecule has 0 aromatic carbocycles. The van der Waals surface area contributed by atoms with Crippen LogP contribution in [-0.2, 0) is 9.59 Å². The van der Waals surface area contributed by atoms with E-state index in [1.807, 2.05) is 0 Å². The van der Waals surface area contributed by atoms with Crippen LogP contribution in [0.15, 0.2) is 0 Å². The highest BCUT2D eigenvalue weighted by atomic mass is 16.2. The number of rotatable bonds is 7. The molecule has 0 aliphatic carbocycles. The van der Waals surface area contributed by atoms with Crippen LogP contribution in [0.5, 0.6) is 0 Å². The molecule has 2 atom stereocenters. The van der Waals surface area contributed by atoms with Gasteiger partial charge in [0, 0.05) is 19.1 Å². The second kappa shape index (κ2) is 8.12. The van der Waals surface area contributed by atoms with Crippen molar-refractivity contribution in [2.45, 2.75) is 51.1 Å². The number of hydrogen-bond donors (Lipinski definition) is 3. The molecule has 110 valence electrons. The number of likely N-dealkylation sites (tertiary alicyclic amines) is 1. The largest absolute Gasteiger partial charge is 0.370 e. The van der Waals surface area contributed by atoms with Gasteiger partial charge < -0.3 is 21.7 Å². The molecule has 1 aliphatic heterocycles. The van der Waals surface area contributed by atoms with Gasteiger partial charge >= 0.3 is 0 Å². The van der Waals surface area contributed by atoms with Gasteiger partial charge in [0.15, 0.2) is 0 Å². The van der Waals surface area contributed by atoms with Gasteiger partial charge in [-0.15, -0.1) is 0 Å². The van der Waals surface area contributed by atoms with Crippen LogP contribution in [0.2, 0.25) is 0 Å². The van der Waals surface area contributed by atoms with Crippen LogP contribution in [0.25, 0.3) is 0 Å². The third kappa shape index (κ3) is 6.02. The first-order valence-corrected chi connectivity index (χ1v) is 7.06. The smallest absolute Gasteiger partial charge is 0.237 e. The van der Waals surface area contributed by atoms with E-state index in [0.29, 0.717) is 12.6 Å². The van der Waals surface area contributed by atoms with Crippen molar-refractivity contribution in [3.8, 4) is 0 Å². The molecule has 0 aromatic heterocycles. The summed E-state index contributed by atoms with van der Waals surface area (Å²) in [7, 11) is 0. The number of nitrogens with two attached hydrogens (primary N) is 2. The molecule has 1 aliphatic rings. The molecule has 2 amide bonds. The van der Waals surface area contributed by atoms with Crippen LogP contribution >= 0.6 is 0 Å². The van der Waals surface area contributed by atoms with Crippen LogP contribution in [0.3, 0.4) is 0 Å². The Balaban J connectivity index is 2.12. The highest BCUT2D eigenvalue weighted by Gasteiger charge is 2.18. The minimum absolute atomic E-state index is 0.102. The second-order valence-electron chi connectivity index (χ2n) is 5.30. The van der Waals surface area contributed by atoms with Crippen molar-refractivity contribution in [2.24, 2.45) is 11.5 Å². The fourth-order valence-corrected chi connectivity index (χ4v) is 2.42. The van der Waals surface area contributed by atoms with Crippen LogP contribution in [0, 0.1) is 0 Å². The SMILES string of the molecule is CC1CCCCN1CCCNC(=O)C(N)CC(N)=O. The predicted molar refractivity (Wildman–Crippen MR) is 74.3 cm³/mol. The summed E-state index contributed by atoms with van der Waals surface area (Å²) in [6, 6.07) is -0.187. The molecule has 6 nitrogen and oxygen atoms in total. The van der Waals surface area contributed by atoms with Crippen molar-refractivity contribution in [2.75, 3.05) is 19.6 Å². The Hall–Kier alpha value is -1.14. The Labute approximate surface area is 114 Å². The van der Waals surface area contributed by atoms with Crippen LogP contribution in [0.4, 0.5) is 0 Å². The van der Waals surface area contributed by atoms with Crippen LogP contribution in [0.1, 0.15) is 39.0 Å². The van der Waals surface area contributed by atoms with Gasteiger partial charge in [-0.1, -0.05) is 6.42 Å². The molecule has 0 spiro atoms. The summed E-state index contributed by atoms with van der Waals surface area (Å²) in [5, 5.41) is 2.74. The Morgan fingerprint density at radius 3 is 2.79 bits per heavy atom. The van der Waals surface area contributed by atoms with E-state index >= 15 is 0 Å². The molecule has 19 heavy (non-hydrogen) atoms. The molecule has 0 saturated carbocycles. The molecule has 0 aromatic rings. The molecule has 1 fully saturated rings. The minimum Gasteiger partial charge on any atom is -0.370 e. The minimum atomic E-state index is -0.827. The number of carbonyl (C=O) groups is 2. The normalized spacial score (nSPS) is 21.9. The number of piperidine rings is 1. The first-order chi connectivity index (χ1) is 9.00. The van der Waals surface area contributed by atoms with E-state index in [0.717, 1.165) is 19.5 Å². The predicted octanol–water partition coefficient (Wildman–Crippen LogP) is -0.430. The Morgan fingerprint density at radius 1 is 1.42 bits per heavy atom. The summed E-state index contributed by atoms with van der Waals surface area (Å²) in [4.78, 5) is 24.6. The number of amides is 2. The third-order valence-corrected chi connectivity index (χ3v) is 3.62. The lowest BCUT2D eigenvalue weighted by Crippen LogP contribution is -2.44. The first kappa shape index (κ1) is 15.9. The third-order valence-electron chi connectivity index (χ3n) is 3.62. The van der Waals surface area contributed by atoms with Crippen LogP contribution < -0.4 is 16.8 Å². The first-order valence-electron chi connectivity index (χ1n) is 7.06. The van der Waals surface area contributed by atoms with Crippen molar-refractivity contribution in [1.82, 2.24) is 10.2 Å². The zero-order valence-corrected chi connectivity index (χ0v) is 11.7. The Kier molecular flexibility index (Phi) is 6.80. The number of hydrogen-bond acceptors (Lipinski definition) is 4. The molecule has 6 heteroatoms. The lowest BCUT2D eigenvalue weighted by Gasteiger charge is -2.33. The topological polar surface area (TPSA) is 101 Å². The van der Waals surface area contributed by atoms with E-state index in [9.17, 15) is 9.59 Å². The van der Waals surface area contributed by atoms with Gasteiger partial charge in [-0.2, -0.15) is 0 Å². The Bertz CT molecular complexity index is 309. The van der Waals surface area contributed by atoms with E-state index in [1.54, 1.807) is 0 Å². The van der Waals surface area contributed by atoms with Gasteiger partial charge in [0.1, 0.15) is 0 Å². The van der Waals surface area contributed by atoms with E-state index in [2.05, 4.69) is 17.1 Å². The van der Waals surface area contributed by atoms with Gasteiger partial charge in [-0.05, 0) is 32.7 Å². The van der Waals surface area contributed by atoms with Gasteiger partial charge in [0.25, 0.3) is 0 Å². The maximum absolute atomic E-state index is 11.5. The number of nitrogens with zero attached hydrogens (tertiary/aromatic N) is 1. The maximum atomic E-state index is 11.5. The summed E-state index contributed by atoms with van der Waals surface area (Å²) in [6.07, 6.45) is 4.64.